The minimum Gasteiger partial charge on any atom is -0.296 e. The fourth-order valence-corrected chi connectivity index (χ4v) is 0.484. The van der Waals surface area contributed by atoms with Gasteiger partial charge in [0.2, 0.25) is 0 Å². The zero-order valence-corrected chi connectivity index (χ0v) is 6.29. The Morgan fingerprint density at radius 3 is 2.50 bits per heavy atom. The molecule has 0 radical (unpaired) electrons. The lowest BCUT2D eigenvalue weighted by Crippen LogP contribution is -1.92. The van der Waals surface area contributed by atoms with Gasteiger partial charge in [-0.15, -0.1) is 0 Å². The summed E-state index contributed by atoms with van der Waals surface area (Å²) in [6.07, 6.45) is 4.72. The van der Waals surface area contributed by atoms with Crippen molar-refractivity contribution in [3.05, 3.63) is 24.3 Å². The van der Waals surface area contributed by atoms with E-state index in [9.17, 15) is 4.79 Å². The predicted molar refractivity (Wildman–Crippen MR) is 43.4 cm³/mol. The van der Waals surface area contributed by atoms with E-state index in [2.05, 4.69) is 11.6 Å². The van der Waals surface area contributed by atoms with E-state index in [1.165, 1.54) is 13.0 Å². The number of ketones is 1. The molecule has 0 aliphatic carbocycles. The van der Waals surface area contributed by atoms with Crippen molar-refractivity contribution in [2.75, 3.05) is 7.05 Å². The molecule has 0 aliphatic rings. The zero-order valence-electron chi connectivity index (χ0n) is 6.29. The van der Waals surface area contributed by atoms with Gasteiger partial charge in [0, 0.05) is 18.8 Å². The van der Waals surface area contributed by atoms with Gasteiger partial charge in [-0.3, -0.25) is 9.79 Å². The summed E-state index contributed by atoms with van der Waals surface area (Å²) in [7, 11) is 1.65. The van der Waals surface area contributed by atoms with Crippen LogP contribution in [0.5, 0.6) is 0 Å². The number of allylic oxidation sites excluding steroid dienone is 3. The largest absolute Gasteiger partial charge is 0.296 e. The Morgan fingerprint density at radius 1 is 1.60 bits per heavy atom. The molecule has 0 spiro atoms. The highest BCUT2D eigenvalue weighted by Gasteiger charge is 1.94. The second kappa shape index (κ2) is 4.68. The van der Waals surface area contributed by atoms with Gasteiger partial charge in [0.25, 0.3) is 0 Å². The summed E-state index contributed by atoms with van der Waals surface area (Å²) in [6.45, 7) is 4.98. The van der Waals surface area contributed by atoms with E-state index in [1.54, 1.807) is 19.3 Å². The van der Waals surface area contributed by atoms with Gasteiger partial charge in [-0.2, -0.15) is 0 Å². The number of rotatable bonds is 3. The molecule has 0 bridgehead atoms. The first-order valence-corrected chi connectivity index (χ1v) is 2.98. The third kappa shape index (κ3) is 2.97. The fraction of sp³-hybridized carbons (Fsp3) is 0.250. The molecule has 2 heteroatoms. The number of carbonyl (C=O) groups is 1. The highest BCUT2D eigenvalue weighted by Crippen LogP contribution is 1.94. The molecule has 0 heterocycles. The topological polar surface area (TPSA) is 29.4 Å². The highest BCUT2D eigenvalue weighted by atomic mass is 16.1. The lowest BCUT2D eigenvalue weighted by atomic mass is 10.2. The van der Waals surface area contributed by atoms with Crippen LogP contribution in [-0.4, -0.2) is 19.0 Å². The Labute approximate surface area is 61.0 Å². The van der Waals surface area contributed by atoms with E-state index >= 15 is 0 Å². The molecular formula is C8H11NO. The van der Waals surface area contributed by atoms with Crippen LogP contribution in [0.4, 0.5) is 0 Å². The first-order chi connectivity index (χ1) is 4.72. The Kier molecular flexibility index (Phi) is 4.12. The highest BCUT2D eigenvalue weighted by molar-refractivity contribution is 5.99. The zero-order chi connectivity index (χ0) is 7.98. The van der Waals surface area contributed by atoms with Crippen LogP contribution in [0.2, 0.25) is 0 Å². The van der Waals surface area contributed by atoms with E-state index in [0.717, 1.165) is 0 Å². The van der Waals surface area contributed by atoms with Gasteiger partial charge in [0.05, 0.1) is 0 Å². The van der Waals surface area contributed by atoms with Gasteiger partial charge in [-0.05, 0) is 13.0 Å². The number of nitrogens with zero attached hydrogens (tertiary/aromatic N) is 1. The first kappa shape index (κ1) is 8.82. The molecule has 0 aliphatic heterocycles. The van der Waals surface area contributed by atoms with E-state index in [0.29, 0.717) is 5.57 Å². The molecule has 0 aromatic heterocycles. The quantitative estimate of drug-likeness (QED) is 0.328. The van der Waals surface area contributed by atoms with Gasteiger partial charge in [0.15, 0.2) is 5.78 Å². The summed E-state index contributed by atoms with van der Waals surface area (Å²) in [6, 6.07) is 0. The normalized spacial score (nSPS) is 12.0. The van der Waals surface area contributed by atoms with Crippen LogP contribution in [-0.2, 0) is 4.79 Å². The number of carbonyl (C=O) groups excluding carboxylic acids is 1. The van der Waals surface area contributed by atoms with Crippen molar-refractivity contribution >= 4 is 12.0 Å². The molecule has 2 nitrogen and oxygen atoms in total. The van der Waals surface area contributed by atoms with Crippen LogP contribution in [0.1, 0.15) is 6.92 Å². The fourth-order valence-electron chi connectivity index (χ4n) is 0.484. The van der Waals surface area contributed by atoms with Gasteiger partial charge >= 0.3 is 0 Å². The molecule has 10 heavy (non-hydrogen) atoms. The predicted octanol–water partition coefficient (Wildman–Crippen LogP) is 1.39. The first-order valence-electron chi connectivity index (χ1n) is 2.98. The van der Waals surface area contributed by atoms with Gasteiger partial charge in [-0.1, -0.05) is 12.7 Å². The minimum absolute atomic E-state index is 0.00917. The molecule has 0 saturated carbocycles. The molecule has 0 aromatic carbocycles. The van der Waals surface area contributed by atoms with Crippen LogP contribution >= 0.6 is 0 Å². The van der Waals surface area contributed by atoms with Crippen molar-refractivity contribution in [3.8, 4) is 0 Å². The molecule has 0 fully saturated rings. The number of aliphatic imine (C=N–C) groups is 1. The molecule has 0 rings (SSSR count). The van der Waals surface area contributed by atoms with Crippen LogP contribution in [0.25, 0.3) is 0 Å². The number of hydrogen-bond acceptors (Lipinski definition) is 2. The second-order valence-corrected chi connectivity index (χ2v) is 1.79. The molecular weight excluding hydrogens is 126 g/mol. The van der Waals surface area contributed by atoms with Crippen molar-refractivity contribution in [2.24, 2.45) is 4.99 Å². The lowest BCUT2D eigenvalue weighted by Gasteiger charge is -1.89. The Balaban J connectivity index is 4.33. The molecule has 54 valence electrons. The minimum atomic E-state index is 0.00917. The van der Waals surface area contributed by atoms with Crippen molar-refractivity contribution in [2.45, 2.75) is 6.92 Å². The van der Waals surface area contributed by atoms with Crippen LogP contribution in [0.15, 0.2) is 29.3 Å². The molecule has 0 atom stereocenters. The maximum absolute atomic E-state index is 10.7. The van der Waals surface area contributed by atoms with Crippen molar-refractivity contribution in [1.29, 1.82) is 0 Å². The van der Waals surface area contributed by atoms with Crippen LogP contribution in [0.3, 0.4) is 0 Å². The summed E-state index contributed by atoms with van der Waals surface area (Å²) in [5.74, 6) is 0.00917. The smallest absolute Gasteiger partial charge is 0.159 e. The summed E-state index contributed by atoms with van der Waals surface area (Å²) in [5.41, 5.74) is 0.589. The Morgan fingerprint density at radius 2 is 2.20 bits per heavy atom. The van der Waals surface area contributed by atoms with Gasteiger partial charge in [-0.25, -0.2) is 0 Å². The Bertz CT molecular complexity index is 189. The van der Waals surface area contributed by atoms with E-state index in [-0.39, 0.29) is 5.78 Å². The molecule has 0 aromatic rings. The molecule has 0 N–H and O–H groups in total. The standard InChI is InChI=1S/C8H11NO/c1-4-8(7(2)10)5-6-9-3/h4-6H,1H2,2-3H3/b8-5+,9-6?. The Hall–Kier alpha value is -1.18. The second-order valence-electron chi connectivity index (χ2n) is 1.79. The maximum atomic E-state index is 10.7. The van der Waals surface area contributed by atoms with Crippen molar-refractivity contribution < 1.29 is 4.79 Å². The maximum Gasteiger partial charge on any atom is 0.159 e. The van der Waals surface area contributed by atoms with Gasteiger partial charge in [0.1, 0.15) is 0 Å². The summed E-state index contributed by atoms with van der Waals surface area (Å²) in [4.78, 5) is 14.4. The molecule has 0 amide bonds. The average molecular weight is 137 g/mol. The molecule has 0 unspecified atom stereocenters. The third-order valence-corrected chi connectivity index (χ3v) is 1.03. The van der Waals surface area contributed by atoms with E-state index < -0.39 is 0 Å². The van der Waals surface area contributed by atoms with Crippen LogP contribution in [0, 0.1) is 0 Å². The summed E-state index contributed by atoms with van der Waals surface area (Å²) >= 11 is 0. The summed E-state index contributed by atoms with van der Waals surface area (Å²) in [5, 5.41) is 0. The van der Waals surface area contributed by atoms with Crippen molar-refractivity contribution in [3.63, 3.8) is 0 Å². The van der Waals surface area contributed by atoms with Gasteiger partial charge < -0.3 is 0 Å². The third-order valence-electron chi connectivity index (χ3n) is 1.03. The monoisotopic (exact) mass is 137 g/mol. The van der Waals surface area contributed by atoms with E-state index in [1.807, 2.05) is 0 Å². The number of hydrogen-bond donors (Lipinski definition) is 0. The van der Waals surface area contributed by atoms with Crippen LogP contribution < -0.4 is 0 Å². The molecule has 0 saturated heterocycles. The SMILES string of the molecule is C=C/C(=C\C=NC)C(C)=O. The lowest BCUT2D eigenvalue weighted by molar-refractivity contribution is -0.113. The van der Waals surface area contributed by atoms with Crippen molar-refractivity contribution in [1.82, 2.24) is 0 Å². The number of Topliss-reactive ketones (excluding diaryl/α,β-unsaturated/α-hetero) is 1. The summed E-state index contributed by atoms with van der Waals surface area (Å²) < 4.78 is 0. The van der Waals surface area contributed by atoms with E-state index in [4.69, 9.17) is 0 Å². The average Bonchev–Trinajstić information content (AvgIpc) is 1.89.